The van der Waals surface area contributed by atoms with Gasteiger partial charge in [-0.15, -0.1) is 0 Å². The molecule has 0 aliphatic heterocycles. The van der Waals surface area contributed by atoms with E-state index in [9.17, 15) is 13.9 Å². The van der Waals surface area contributed by atoms with Gasteiger partial charge in [0.05, 0.1) is 0 Å². The van der Waals surface area contributed by atoms with Gasteiger partial charge >= 0.3 is 0 Å². The Bertz CT molecular complexity index is 561. The largest absolute Gasteiger partial charge is 0.384 e. The molecule has 3 heteroatoms. The van der Waals surface area contributed by atoms with E-state index in [0.717, 1.165) is 16.7 Å². The van der Waals surface area contributed by atoms with Crippen LogP contribution >= 0.6 is 0 Å². The molecule has 2 aromatic rings. The second kappa shape index (κ2) is 5.49. The lowest BCUT2D eigenvalue weighted by Crippen LogP contribution is -2.02. The molecule has 19 heavy (non-hydrogen) atoms. The predicted molar refractivity (Wildman–Crippen MR) is 71.4 cm³/mol. The fourth-order valence-corrected chi connectivity index (χ4v) is 2.06. The average Bonchev–Trinajstić information content (AvgIpc) is 2.41. The second-order valence-electron chi connectivity index (χ2n) is 4.73. The predicted octanol–water partition coefficient (Wildman–Crippen LogP) is 4.32. The van der Waals surface area contributed by atoms with E-state index < -0.39 is 12.5 Å². The van der Waals surface area contributed by atoms with Crippen molar-refractivity contribution in [3.8, 4) is 0 Å². The van der Waals surface area contributed by atoms with Crippen LogP contribution in [0.1, 0.15) is 40.3 Å². The summed E-state index contributed by atoms with van der Waals surface area (Å²) in [5.41, 5.74) is 3.44. The van der Waals surface area contributed by atoms with Crippen molar-refractivity contribution >= 4 is 0 Å². The van der Waals surface area contributed by atoms with E-state index in [0.29, 0.717) is 5.56 Å². The van der Waals surface area contributed by atoms with Gasteiger partial charge in [-0.3, -0.25) is 0 Å². The zero-order valence-electron chi connectivity index (χ0n) is 10.9. The van der Waals surface area contributed by atoms with Gasteiger partial charge in [-0.05, 0) is 30.5 Å². The number of hydrogen-bond donors (Lipinski definition) is 1. The van der Waals surface area contributed by atoms with Crippen LogP contribution in [0.2, 0.25) is 0 Å². The van der Waals surface area contributed by atoms with Crippen LogP contribution in [0.3, 0.4) is 0 Å². The van der Waals surface area contributed by atoms with Crippen LogP contribution in [-0.2, 0) is 0 Å². The highest BCUT2D eigenvalue weighted by atomic mass is 19.3. The molecule has 0 aliphatic carbocycles. The van der Waals surface area contributed by atoms with Crippen molar-refractivity contribution in [3.05, 3.63) is 70.3 Å². The average molecular weight is 262 g/mol. The first-order valence-electron chi connectivity index (χ1n) is 6.12. The molecular weight excluding hydrogens is 246 g/mol. The van der Waals surface area contributed by atoms with Gasteiger partial charge in [0.1, 0.15) is 6.10 Å². The summed E-state index contributed by atoms with van der Waals surface area (Å²) in [4.78, 5) is 0. The maximum absolute atomic E-state index is 12.5. The monoisotopic (exact) mass is 262 g/mol. The highest BCUT2D eigenvalue weighted by molar-refractivity contribution is 5.38. The van der Waals surface area contributed by atoms with Crippen LogP contribution in [0.4, 0.5) is 8.78 Å². The Kier molecular flexibility index (Phi) is 3.96. The van der Waals surface area contributed by atoms with Gasteiger partial charge in [-0.2, -0.15) is 0 Å². The van der Waals surface area contributed by atoms with Gasteiger partial charge in [-0.1, -0.05) is 48.0 Å². The van der Waals surface area contributed by atoms with Crippen LogP contribution in [0, 0.1) is 13.8 Å². The Morgan fingerprint density at radius 2 is 1.47 bits per heavy atom. The number of hydrogen-bond acceptors (Lipinski definition) is 1. The molecule has 1 nitrogen and oxygen atoms in total. The molecule has 0 spiro atoms. The minimum absolute atomic E-state index is 0.0306. The van der Waals surface area contributed by atoms with Crippen molar-refractivity contribution in [1.82, 2.24) is 0 Å². The maximum atomic E-state index is 12.5. The second-order valence-corrected chi connectivity index (χ2v) is 4.73. The van der Waals surface area contributed by atoms with E-state index in [1.54, 1.807) is 12.1 Å². The topological polar surface area (TPSA) is 20.2 Å². The van der Waals surface area contributed by atoms with Crippen molar-refractivity contribution < 1.29 is 13.9 Å². The molecule has 0 bridgehead atoms. The molecule has 0 saturated heterocycles. The van der Waals surface area contributed by atoms with Crippen molar-refractivity contribution in [2.45, 2.75) is 26.4 Å². The first kappa shape index (κ1) is 13.7. The molecule has 0 heterocycles. The van der Waals surface area contributed by atoms with Crippen molar-refractivity contribution in [2.24, 2.45) is 0 Å². The smallest absolute Gasteiger partial charge is 0.263 e. The lowest BCUT2D eigenvalue weighted by atomic mass is 9.95. The molecule has 1 N–H and O–H groups in total. The van der Waals surface area contributed by atoms with Gasteiger partial charge in [0, 0.05) is 5.56 Å². The molecule has 2 rings (SSSR count). The first-order chi connectivity index (χ1) is 8.99. The van der Waals surface area contributed by atoms with Gasteiger partial charge in [-0.25, -0.2) is 8.78 Å². The molecule has 0 aromatic heterocycles. The molecule has 0 fully saturated rings. The quantitative estimate of drug-likeness (QED) is 0.873. The Morgan fingerprint density at radius 3 is 2.05 bits per heavy atom. The Labute approximate surface area is 111 Å². The minimum atomic E-state index is -2.48. The van der Waals surface area contributed by atoms with Crippen LogP contribution < -0.4 is 0 Å². The zero-order chi connectivity index (χ0) is 14.0. The third kappa shape index (κ3) is 2.99. The van der Waals surface area contributed by atoms with E-state index in [4.69, 9.17) is 0 Å². The normalized spacial score (nSPS) is 12.7. The van der Waals surface area contributed by atoms with Gasteiger partial charge < -0.3 is 5.11 Å². The van der Waals surface area contributed by atoms with E-state index in [2.05, 4.69) is 0 Å². The standard InChI is InChI=1S/C16H16F2O/c1-10-3-4-11(2)14(9-10)15(19)12-5-7-13(8-6-12)16(17)18/h3-9,15-16,19H,1-2H3. The lowest BCUT2D eigenvalue weighted by molar-refractivity contribution is 0.151. The van der Waals surface area contributed by atoms with Crippen molar-refractivity contribution in [3.63, 3.8) is 0 Å². The highest BCUT2D eigenvalue weighted by Gasteiger charge is 2.14. The molecule has 2 aromatic carbocycles. The molecule has 1 atom stereocenters. The highest BCUT2D eigenvalue weighted by Crippen LogP contribution is 2.27. The van der Waals surface area contributed by atoms with E-state index in [1.165, 1.54) is 12.1 Å². The maximum Gasteiger partial charge on any atom is 0.263 e. The number of halogens is 2. The number of aliphatic hydroxyl groups excluding tert-OH is 1. The van der Waals surface area contributed by atoms with Crippen LogP contribution in [0.15, 0.2) is 42.5 Å². The third-order valence-corrected chi connectivity index (χ3v) is 3.23. The molecule has 0 amide bonds. The number of rotatable bonds is 3. The van der Waals surface area contributed by atoms with E-state index in [-0.39, 0.29) is 5.56 Å². The summed E-state index contributed by atoms with van der Waals surface area (Å²) in [6, 6.07) is 11.7. The summed E-state index contributed by atoms with van der Waals surface area (Å²) >= 11 is 0. The van der Waals surface area contributed by atoms with E-state index in [1.807, 2.05) is 32.0 Å². The van der Waals surface area contributed by atoms with Crippen molar-refractivity contribution in [2.75, 3.05) is 0 Å². The summed E-state index contributed by atoms with van der Waals surface area (Å²) in [5, 5.41) is 10.3. The Balaban J connectivity index is 2.33. The van der Waals surface area contributed by atoms with Gasteiger partial charge in [0.2, 0.25) is 0 Å². The number of alkyl halides is 2. The summed E-state index contributed by atoms with van der Waals surface area (Å²) < 4.78 is 25.0. The fourth-order valence-electron chi connectivity index (χ4n) is 2.06. The van der Waals surface area contributed by atoms with Crippen LogP contribution in [-0.4, -0.2) is 5.11 Å². The fraction of sp³-hybridized carbons (Fsp3) is 0.250. The molecule has 0 aliphatic rings. The molecule has 0 saturated carbocycles. The first-order valence-corrected chi connectivity index (χ1v) is 6.12. The summed E-state index contributed by atoms with van der Waals surface area (Å²) in [6.07, 6.45) is -3.27. The van der Waals surface area contributed by atoms with Crippen molar-refractivity contribution in [1.29, 1.82) is 0 Å². The summed E-state index contributed by atoms with van der Waals surface area (Å²) in [6.45, 7) is 3.88. The SMILES string of the molecule is Cc1ccc(C)c(C(O)c2ccc(C(F)F)cc2)c1. The number of benzene rings is 2. The summed E-state index contributed by atoms with van der Waals surface area (Å²) in [7, 11) is 0. The van der Waals surface area contributed by atoms with Crippen LogP contribution in [0.5, 0.6) is 0 Å². The zero-order valence-corrected chi connectivity index (χ0v) is 10.9. The molecule has 100 valence electrons. The van der Waals surface area contributed by atoms with Crippen LogP contribution in [0.25, 0.3) is 0 Å². The molecule has 0 radical (unpaired) electrons. The Hall–Kier alpha value is -1.74. The van der Waals surface area contributed by atoms with E-state index >= 15 is 0 Å². The molecular formula is C16H16F2O. The minimum Gasteiger partial charge on any atom is -0.384 e. The van der Waals surface area contributed by atoms with Gasteiger partial charge in [0.25, 0.3) is 6.43 Å². The van der Waals surface area contributed by atoms with Gasteiger partial charge in [0.15, 0.2) is 0 Å². The number of aliphatic hydroxyl groups is 1. The molecule has 1 unspecified atom stereocenters. The summed E-state index contributed by atoms with van der Waals surface area (Å²) in [5.74, 6) is 0. The lowest BCUT2D eigenvalue weighted by Gasteiger charge is -2.15. The number of aryl methyl sites for hydroxylation is 2. The Morgan fingerprint density at radius 1 is 0.895 bits per heavy atom. The third-order valence-electron chi connectivity index (χ3n) is 3.23.